The summed E-state index contributed by atoms with van der Waals surface area (Å²) in [7, 11) is 1.95. The zero-order valence-corrected chi connectivity index (χ0v) is 16.2. The van der Waals surface area contributed by atoms with Crippen LogP contribution in [0.3, 0.4) is 0 Å². The molecule has 1 aliphatic rings. The van der Waals surface area contributed by atoms with Gasteiger partial charge in [-0.1, -0.05) is 36.4 Å². The number of nitrogens with zero attached hydrogens (tertiary/aromatic N) is 2. The Morgan fingerprint density at radius 3 is 2.70 bits per heavy atom. The minimum Gasteiger partial charge on any atom is -0.388 e. The summed E-state index contributed by atoms with van der Waals surface area (Å²) in [5.41, 5.74) is 7.25. The molecule has 4 nitrogen and oxygen atoms in total. The van der Waals surface area contributed by atoms with Gasteiger partial charge in [0.15, 0.2) is 0 Å². The fourth-order valence-corrected chi connectivity index (χ4v) is 3.92. The Bertz CT molecular complexity index is 964. The Hall–Kier alpha value is -2.88. The standard InChI is InChI=1S/C23H26N4/c1-15-11-12-18(13-21(15)24-3)22-14-23(26-16(2)25-22)27-20-10-6-8-17-7-4-5-9-19(17)20/h4-5,7,9,11-14,20,24H,6,8,10H2,1-3H3,(H,25,26,27)/t20-/m1/s1. The Morgan fingerprint density at radius 2 is 1.85 bits per heavy atom. The van der Waals surface area contributed by atoms with E-state index in [2.05, 4.69) is 76.1 Å². The molecule has 0 aliphatic heterocycles. The number of aromatic nitrogens is 2. The zero-order chi connectivity index (χ0) is 18.8. The van der Waals surface area contributed by atoms with Gasteiger partial charge < -0.3 is 10.6 Å². The third-order valence-corrected chi connectivity index (χ3v) is 5.33. The molecule has 138 valence electrons. The van der Waals surface area contributed by atoms with E-state index in [0.717, 1.165) is 35.0 Å². The number of benzene rings is 2. The highest BCUT2D eigenvalue weighted by Gasteiger charge is 2.20. The predicted molar refractivity (Wildman–Crippen MR) is 112 cm³/mol. The lowest BCUT2D eigenvalue weighted by atomic mass is 9.88. The molecule has 1 aromatic heterocycles. The number of rotatable bonds is 4. The highest BCUT2D eigenvalue weighted by atomic mass is 15.0. The minimum absolute atomic E-state index is 0.308. The molecule has 4 heteroatoms. The molecule has 0 saturated carbocycles. The Morgan fingerprint density at radius 1 is 1.00 bits per heavy atom. The predicted octanol–water partition coefficient (Wildman–Crippen LogP) is 5.29. The molecule has 2 N–H and O–H groups in total. The maximum Gasteiger partial charge on any atom is 0.130 e. The van der Waals surface area contributed by atoms with Crippen LogP contribution in [-0.2, 0) is 6.42 Å². The van der Waals surface area contributed by atoms with Gasteiger partial charge in [0.2, 0.25) is 0 Å². The van der Waals surface area contributed by atoms with Gasteiger partial charge in [-0.05, 0) is 55.9 Å². The molecule has 0 amide bonds. The maximum absolute atomic E-state index is 4.67. The molecule has 0 saturated heterocycles. The van der Waals surface area contributed by atoms with Crippen LogP contribution in [0.15, 0.2) is 48.5 Å². The monoisotopic (exact) mass is 358 g/mol. The van der Waals surface area contributed by atoms with Crippen molar-refractivity contribution in [2.24, 2.45) is 0 Å². The van der Waals surface area contributed by atoms with Crippen LogP contribution in [0.5, 0.6) is 0 Å². The second-order valence-corrected chi connectivity index (χ2v) is 7.25. The largest absolute Gasteiger partial charge is 0.388 e. The van der Waals surface area contributed by atoms with Crippen LogP contribution in [0.2, 0.25) is 0 Å². The van der Waals surface area contributed by atoms with Gasteiger partial charge in [-0.15, -0.1) is 0 Å². The zero-order valence-electron chi connectivity index (χ0n) is 16.2. The Balaban J connectivity index is 1.66. The van der Waals surface area contributed by atoms with Crippen molar-refractivity contribution in [2.45, 2.75) is 39.2 Å². The van der Waals surface area contributed by atoms with Crippen LogP contribution in [-0.4, -0.2) is 17.0 Å². The molecule has 2 aromatic carbocycles. The second-order valence-electron chi connectivity index (χ2n) is 7.25. The fourth-order valence-electron chi connectivity index (χ4n) is 3.92. The topological polar surface area (TPSA) is 49.8 Å². The van der Waals surface area contributed by atoms with E-state index in [4.69, 9.17) is 0 Å². The van der Waals surface area contributed by atoms with Crippen molar-refractivity contribution >= 4 is 11.5 Å². The van der Waals surface area contributed by atoms with Crippen LogP contribution in [0.1, 0.15) is 41.4 Å². The normalized spacial score (nSPS) is 15.9. The molecule has 0 fully saturated rings. The minimum atomic E-state index is 0.308. The summed E-state index contributed by atoms with van der Waals surface area (Å²) in [5.74, 6) is 1.68. The molecule has 0 spiro atoms. The van der Waals surface area contributed by atoms with Crippen molar-refractivity contribution in [1.29, 1.82) is 0 Å². The second kappa shape index (κ2) is 7.39. The number of hydrogen-bond donors (Lipinski definition) is 2. The SMILES string of the molecule is CNc1cc(-c2cc(N[C@@H]3CCCc4ccccc43)nc(C)n2)ccc1C. The van der Waals surface area contributed by atoms with E-state index in [-0.39, 0.29) is 0 Å². The lowest BCUT2D eigenvalue weighted by molar-refractivity contribution is 0.598. The molecule has 0 radical (unpaired) electrons. The molecule has 1 heterocycles. The number of fused-ring (bicyclic) bond motifs is 1. The summed E-state index contributed by atoms with van der Waals surface area (Å²) in [6.07, 6.45) is 3.50. The number of aryl methyl sites for hydroxylation is 3. The fraction of sp³-hybridized carbons (Fsp3) is 0.304. The molecule has 3 aromatic rings. The molecule has 0 bridgehead atoms. The lowest BCUT2D eigenvalue weighted by Gasteiger charge is -2.27. The average molecular weight is 358 g/mol. The van der Waals surface area contributed by atoms with E-state index in [1.807, 2.05) is 14.0 Å². The van der Waals surface area contributed by atoms with Crippen molar-refractivity contribution in [3.63, 3.8) is 0 Å². The quantitative estimate of drug-likeness (QED) is 0.665. The average Bonchev–Trinajstić information content (AvgIpc) is 2.68. The highest BCUT2D eigenvalue weighted by molar-refractivity contribution is 5.69. The molecule has 1 aliphatic carbocycles. The van der Waals surface area contributed by atoms with Crippen molar-refractivity contribution in [3.05, 3.63) is 71.0 Å². The van der Waals surface area contributed by atoms with E-state index in [1.54, 1.807) is 0 Å². The van der Waals surface area contributed by atoms with Gasteiger partial charge >= 0.3 is 0 Å². The number of hydrogen-bond acceptors (Lipinski definition) is 4. The summed E-state index contributed by atoms with van der Waals surface area (Å²) < 4.78 is 0. The summed E-state index contributed by atoms with van der Waals surface area (Å²) in [6, 6.07) is 17.5. The van der Waals surface area contributed by atoms with Crippen LogP contribution in [0.25, 0.3) is 11.3 Å². The van der Waals surface area contributed by atoms with E-state index in [1.165, 1.54) is 29.5 Å². The molecule has 0 unspecified atom stereocenters. The summed E-state index contributed by atoms with van der Waals surface area (Å²) in [5, 5.41) is 6.91. The maximum atomic E-state index is 4.67. The first-order valence-electron chi connectivity index (χ1n) is 9.63. The van der Waals surface area contributed by atoms with Gasteiger partial charge in [0.25, 0.3) is 0 Å². The van der Waals surface area contributed by atoms with Crippen LogP contribution in [0.4, 0.5) is 11.5 Å². The van der Waals surface area contributed by atoms with Crippen molar-refractivity contribution in [2.75, 3.05) is 17.7 Å². The van der Waals surface area contributed by atoms with Gasteiger partial charge in [-0.3, -0.25) is 0 Å². The van der Waals surface area contributed by atoms with Gasteiger partial charge in [-0.2, -0.15) is 0 Å². The smallest absolute Gasteiger partial charge is 0.130 e. The summed E-state index contributed by atoms with van der Waals surface area (Å²) >= 11 is 0. The molecule has 1 atom stereocenters. The third-order valence-electron chi connectivity index (χ3n) is 5.33. The molecule has 27 heavy (non-hydrogen) atoms. The van der Waals surface area contributed by atoms with E-state index >= 15 is 0 Å². The number of nitrogens with one attached hydrogen (secondary N) is 2. The first-order valence-corrected chi connectivity index (χ1v) is 9.63. The third kappa shape index (κ3) is 3.65. The number of anilines is 2. The Labute approximate surface area is 161 Å². The van der Waals surface area contributed by atoms with E-state index < -0.39 is 0 Å². The van der Waals surface area contributed by atoms with Crippen molar-refractivity contribution < 1.29 is 0 Å². The molecule has 4 rings (SSSR count). The van der Waals surface area contributed by atoms with Gasteiger partial charge in [0.1, 0.15) is 11.6 Å². The molecular weight excluding hydrogens is 332 g/mol. The summed E-state index contributed by atoms with van der Waals surface area (Å²) in [6.45, 7) is 4.06. The van der Waals surface area contributed by atoms with E-state index in [0.29, 0.717) is 6.04 Å². The molecular formula is C23H26N4. The summed E-state index contributed by atoms with van der Waals surface area (Å²) in [4.78, 5) is 9.32. The van der Waals surface area contributed by atoms with Crippen molar-refractivity contribution in [3.8, 4) is 11.3 Å². The Kier molecular flexibility index (Phi) is 4.80. The van der Waals surface area contributed by atoms with Gasteiger partial charge in [-0.25, -0.2) is 9.97 Å². The van der Waals surface area contributed by atoms with Crippen molar-refractivity contribution in [1.82, 2.24) is 9.97 Å². The van der Waals surface area contributed by atoms with Crippen LogP contribution < -0.4 is 10.6 Å². The van der Waals surface area contributed by atoms with Crippen LogP contribution in [0, 0.1) is 13.8 Å². The van der Waals surface area contributed by atoms with Gasteiger partial charge in [0, 0.05) is 24.4 Å². The van der Waals surface area contributed by atoms with Crippen LogP contribution >= 0.6 is 0 Å². The first kappa shape index (κ1) is 17.5. The lowest BCUT2D eigenvalue weighted by Crippen LogP contribution is -2.18. The highest BCUT2D eigenvalue weighted by Crippen LogP contribution is 2.33. The van der Waals surface area contributed by atoms with Gasteiger partial charge in [0.05, 0.1) is 11.7 Å². The first-order chi connectivity index (χ1) is 13.1. The van der Waals surface area contributed by atoms with E-state index in [9.17, 15) is 0 Å².